The van der Waals surface area contributed by atoms with E-state index in [2.05, 4.69) is 23.1 Å². The Labute approximate surface area is 144 Å². The lowest BCUT2D eigenvalue weighted by Crippen LogP contribution is -2.47. The third-order valence-electron chi connectivity index (χ3n) is 5.20. The summed E-state index contributed by atoms with van der Waals surface area (Å²) in [7, 11) is 2.08. The van der Waals surface area contributed by atoms with Crippen LogP contribution in [0.15, 0.2) is 30.5 Å². The molecule has 1 fully saturated rings. The number of aromatic nitrogens is 2. The third-order valence-corrected chi connectivity index (χ3v) is 5.20. The average Bonchev–Trinajstić information content (AvgIpc) is 3.17. The van der Waals surface area contributed by atoms with E-state index in [1.807, 2.05) is 19.1 Å². The third kappa shape index (κ3) is 2.63. The number of halogens is 2. The molecule has 1 aromatic carbocycles. The molecule has 0 aliphatic carbocycles. The van der Waals surface area contributed by atoms with E-state index in [-0.39, 0.29) is 23.6 Å². The van der Waals surface area contributed by atoms with Gasteiger partial charge in [0.2, 0.25) is 0 Å². The van der Waals surface area contributed by atoms with Crippen LogP contribution in [0, 0.1) is 6.92 Å². The lowest BCUT2D eigenvalue weighted by atomic mass is 9.89. The summed E-state index contributed by atoms with van der Waals surface area (Å²) in [4.78, 5) is 17.1. The lowest BCUT2D eigenvalue weighted by Gasteiger charge is -2.36. The Bertz CT molecular complexity index is 819. The molecule has 1 amide bonds. The summed E-state index contributed by atoms with van der Waals surface area (Å²) in [6, 6.07) is 7.50. The first-order chi connectivity index (χ1) is 12.0. The van der Waals surface area contributed by atoms with Gasteiger partial charge in [0.1, 0.15) is 0 Å². The van der Waals surface area contributed by atoms with E-state index in [1.165, 1.54) is 6.07 Å². The molecule has 3 heterocycles. The molecule has 0 N–H and O–H groups in total. The second-order valence-corrected chi connectivity index (χ2v) is 6.92. The molecule has 5 nitrogen and oxygen atoms in total. The van der Waals surface area contributed by atoms with Crippen LogP contribution in [0.2, 0.25) is 0 Å². The van der Waals surface area contributed by atoms with Crippen LogP contribution >= 0.6 is 0 Å². The zero-order valence-electron chi connectivity index (χ0n) is 14.2. The second-order valence-electron chi connectivity index (χ2n) is 6.92. The molecule has 1 saturated heterocycles. The molecule has 132 valence electrons. The van der Waals surface area contributed by atoms with Gasteiger partial charge in [-0.3, -0.25) is 4.79 Å². The SMILES string of the molecule is Cc1ccc2c(c1)[C@@H]1CN(C)CC[C@@H]1N2C(=O)c1ccn(C(F)F)n1. The summed E-state index contributed by atoms with van der Waals surface area (Å²) >= 11 is 0. The average molecular weight is 346 g/mol. The number of aryl methyl sites for hydroxylation is 1. The van der Waals surface area contributed by atoms with Crippen LogP contribution in [0.3, 0.4) is 0 Å². The van der Waals surface area contributed by atoms with Gasteiger partial charge in [-0.1, -0.05) is 17.7 Å². The van der Waals surface area contributed by atoms with Gasteiger partial charge in [0, 0.05) is 30.4 Å². The minimum Gasteiger partial charge on any atom is -0.306 e. The summed E-state index contributed by atoms with van der Waals surface area (Å²) in [5.41, 5.74) is 3.26. The Kier molecular flexibility index (Phi) is 3.83. The molecule has 0 unspecified atom stereocenters. The molecule has 2 aromatic rings. The van der Waals surface area contributed by atoms with Crippen LogP contribution in [0.25, 0.3) is 0 Å². The van der Waals surface area contributed by atoms with Crippen LogP contribution in [0.1, 0.15) is 40.5 Å². The van der Waals surface area contributed by atoms with Crippen molar-refractivity contribution < 1.29 is 13.6 Å². The van der Waals surface area contributed by atoms with Crippen LogP contribution in [0.5, 0.6) is 0 Å². The van der Waals surface area contributed by atoms with Crippen LogP contribution in [-0.4, -0.2) is 46.8 Å². The fourth-order valence-corrected chi connectivity index (χ4v) is 4.03. The van der Waals surface area contributed by atoms with Gasteiger partial charge < -0.3 is 9.80 Å². The van der Waals surface area contributed by atoms with Crippen LogP contribution < -0.4 is 4.90 Å². The first-order valence-electron chi connectivity index (χ1n) is 8.41. The number of fused-ring (bicyclic) bond motifs is 3. The highest BCUT2D eigenvalue weighted by molar-refractivity contribution is 6.07. The molecule has 0 radical (unpaired) electrons. The smallest absolute Gasteiger partial charge is 0.306 e. The first kappa shape index (κ1) is 16.2. The van der Waals surface area contributed by atoms with E-state index in [4.69, 9.17) is 0 Å². The van der Waals surface area contributed by atoms with E-state index in [0.717, 1.165) is 42.5 Å². The maximum Gasteiger partial charge on any atom is 0.333 e. The summed E-state index contributed by atoms with van der Waals surface area (Å²) in [5.74, 6) is -0.0589. The first-order valence-corrected chi connectivity index (χ1v) is 8.41. The molecule has 2 atom stereocenters. The van der Waals surface area contributed by atoms with Crippen molar-refractivity contribution in [1.82, 2.24) is 14.7 Å². The van der Waals surface area contributed by atoms with Crippen LogP contribution in [-0.2, 0) is 0 Å². The largest absolute Gasteiger partial charge is 0.333 e. The van der Waals surface area contributed by atoms with E-state index in [0.29, 0.717) is 4.68 Å². The van der Waals surface area contributed by atoms with Gasteiger partial charge in [-0.25, -0.2) is 4.68 Å². The number of amides is 1. The number of hydrogen-bond donors (Lipinski definition) is 0. The number of anilines is 1. The number of benzene rings is 1. The van der Waals surface area contributed by atoms with E-state index < -0.39 is 6.55 Å². The normalized spacial score (nSPS) is 23.0. The Morgan fingerprint density at radius 1 is 1.32 bits per heavy atom. The van der Waals surface area contributed by atoms with Gasteiger partial charge in [0.05, 0.1) is 0 Å². The van der Waals surface area contributed by atoms with Crippen molar-refractivity contribution in [3.05, 3.63) is 47.3 Å². The predicted molar refractivity (Wildman–Crippen MR) is 90.1 cm³/mol. The summed E-state index contributed by atoms with van der Waals surface area (Å²) in [6.07, 6.45) is 2.01. The van der Waals surface area contributed by atoms with Gasteiger partial charge in [0.15, 0.2) is 5.69 Å². The molecule has 2 aliphatic rings. The van der Waals surface area contributed by atoms with E-state index >= 15 is 0 Å². The zero-order valence-corrected chi connectivity index (χ0v) is 14.2. The predicted octanol–water partition coefficient (Wildman–Crippen LogP) is 3.03. The number of piperidine rings is 1. The summed E-state index contributed by atoms with van der Waals surface area (Å²) in [6.45, 7) is 1.09. The van der Waals surface area contributed by atoms with Gasteiger partial charge in [-0.15, -0.1) is 0 Å². The van der Waals surface area contributed by atoms with Crippen molar-refractivity contribution in [3.8, 4) is 0 Å². The van der Waals surface area contributed by atoms with Crippen molar-refractivity contribution >= 4 is 11.6 Å². The zero-order chi connectivity index (χ0) is 17.7. The summed E-state index contributed by atoms with van der Waals surface area (Å²) < 4.78 is 26.1. The fraction of sp³-hybridized carbons (Fsp3) is 0.444. The van der Waals surface area contributed by atoms with Crippen molar-refractivity contribution in [2.24, 2.45) is 0 Å². The molecule has 0 saturated carbocycles. The minimum atomic E-state index is -2.74. The Morgan fingerprint density at radius 3 is 2.84 bits per heavy atom. The van der Waals surface area contributed by atoms with Crippen molar-refractivity contribution in [2.75, 3.05) is 25.0 Å². The molecular formula is C18H20F2N4O. The van der Waals surface area contributed by atoms with Crippen molar-refractivity contribution in [1.29, 1.82) is 0 Å². The molecular weight excluding hydrogens is 326 g/mol. The quantitative estimate of drug-likeness (QED) is 0.839. The Morgan fingerprint density at radius 2 is 2.12 bits per heavy atom. The monoisotopic (exact) mass is 346 g/mol. The highest BCUT2D eigenvalue weighted by Crippen LogP contribution is 2.45. The second kappa shape index (κ2) is 5.91. The van der Waals surface area contributed by atoms with Crippen molar-refractivity contribution in [3.63, 3.8) is 0 Å². The van der Waals surface area contributed by atoms with Gasteiger partial charge in [-0.05, 0) is 44.6 Å². The standard InChI is InChI=1S/C18H20F2N4O/c1-11-3-4-15-12(9-11)13-10-22(2)7-6-16(13)24(15)17(25)14-5-8-23(21-14)18(19)20/h3-5,8-9,13,16,18H,6-7,10H2,1-2H3/t13-,16-/m0/s1. The van der Waals surface area contributed by atoms with Gasteiger partial charge >= 0.3 is 6.55 Å². The van der Waals surface area contributed by atoms with Gasteiger partial charge in [0.25, 0.3) is 5.91 Å². The summed E-state index contributed by atoms with van der Waals surface area (Å²) in [5, 5.41) is 3.76. The lowest BCUT2D eigenvalue weighted by molar-refractivity contribution is 0.0560. The Hall–Kier alpha value is -2.28. The number of alkyl halides is 2. The number of hydrogen-bond acceptors (Lipinski definition) is 3. The van der Waals surface area contributed by atoms with Crippen LogP contribution in [0.4, 0.5) is 14.5 Å². The topological polar surface area (TPSA) is 41.4 Å². The number of nitrogens with zero attached hydrogens (tertiary/aromatic N) is 4. The molecule has 0 spiro atoms. The molecule has 25 heavy (non-hydrogen) atoms. The van der Waals surface area contributed by atoms with E-state index in [9.17, 15) is 13.6 Å². The van der Waals surface area contributed by atoms with Gasteiger partial charge in [-0.2, -0.15) is 13.9 Å². The number of carbonyl (C=O) groups is 1. The Balaban J connectivity index is 1.74. The molecule has 1 aromatic heterocycles. The molecule has 0 bridgehead atoms. The maximum atomic E-state index is 13.1. The molecule has 4 rings (SSSR count). The number of likely N-dealkylation sites (N-methyl/N-ethyl adjacent to an activating group) is 1. The van der Waals surface area contributed by atoms with Crippen molar-refractivity contribution in [2.45, 2.75) is 31.9 Å². The highest BCUT2D eigenvalue weighted by atomic mass is 19.3. The minimum absolute atomic E-state index is 0.0530. The number of likely N-dealkylation sites (tertiary alicyclic amines) is 1. The molecule has 7 heteroatoms. The van der Waals surface area contributed by atoms with E-state index in [1.54, 1.807) is 4.90 Å². The number of carbonyl (C=O) groups excluding carboxylic acids is 1. The molecule has 2 aliphatic heterocycles. The number of rotatable bonds is 2. The highest BCUT2D eigenvalue weighted by Gasteiger charge is 2.44. The maximum absolute atomic E-state index is 13.1. The fourth-order valence-electron chi connectivity index (χ4n) is 4.03.